The molecule has 5 nitrogen and oxygen atoms in total. The van der Waals surface area contributed by atoms with Gasteiger partial charge in [0.1, 0.15) is 6.04 Å². The average molecular weight is 447 g/mol. The minimum absolute atomic E-state index is 0.369. The maximum absolute atomic E-state index is 13.1. The van der Waals surface area contributed by atoms with E-state index in [4.69, 9.17) is 0 Å². The molecule has 0 fully saturated rings. The molecule has 0 bridgehead atoms. The molecule has 0 aliphatic carbocycles. The molecule has 6 heteroatoms. The molecule has 0 radical (unpaired) electrons. The van der Waals surface area contributed by atoms with Crippen molar-refractivity contribution in [3.63, 3.8) is 0 Å². The number of carbonyl (C=O) groups excluding carboxylic acids is 1. The van der Waals surface area contributed by atoms with Gasteiger partial charge >= 0.3 is 5.97 Å². The molecule has 0 spiro atoms. The average Bonchev–Trinajstić information content (AvgIpc) is 2.81. The number of aryl methyl sites for hydroxylation is 1. The number of pyridine rings is 1. The fourth-order valence-corrected chi connectivity index (χ4v) is 3.83. The minimum atomic E-state index is -1.03. The highest BCUT2D eigenvalue weighted by atomic mass is 32.2. The molecule has 1 heterocycles. The summed E-state index contributed by atoms with van der Waals surface area (Å²) < 4.78 is 0. The molecule has 2 aromatic carbocycles. The Balaban J connectivity index is 1.98. The predicted molar refractivity (Wildman–Crippen MR) is 132 cm³/mol. The highest BCUT2D eigenvalue weighted by Crippen LogP contribution is 2.29. The Kier molecular flexibility index (Phi) is 8.22. The molecule has 164 valence electrons. The van der Waals surface area contributed by atoms with Crippen molar-refractivity contribution >= 4 is 35.8 Å². The van der Waals surface area contributed by atoms with E-state index in [1.165, 1.54) is 0 Å². The standard InChI is InChI=1S/C26H26N2O3S/c1-18-6-3-4-8-21(18)23-16-19(9-10-20-7-5-14-27-17-20)11-12-22(23)25(29)28-24(26(30)31)13-15-32-2/h3-12,14,16-17,24H,13,15H2,1-2H3,(H,28,29)(H,30,31)/b10-9+/t24-/m0/s1. The molecule has 0 aliphatic heterocycles. The lowest BCUT2D eigenvalue weighted by atomic mass is 9.93. The van der Waals surface area contributed by atoms with E-state index in [9.17, 15) is 14.7 Å². The summed E-state index contributed by atoms with van der Waals surface area (Å²) in [4.78, 5) is 28.8. The van der Waals surface area contributed by atoms with Gasteiger partial charge in [-0.05, 0) is 71.4 Å². The van der Waals surface area contributed by atoms with Crippen molar-refractivity contribution < 1.29 is 14.7 Å². The quantitative estimate of drug-likeness (QED) is 0.474. The zero-order valence-corrected chi connectivity index (χ0v) is 18.9. The number of aromatic nitrogens is 1. The Morgan fingerprint density at radius 3 is 2.53 bits per heavy atom. The largest absolute Gasteiger partial charge is 0.480 e. The van der Waals surface area contributed by atoms with Gasteiger partial charge in [0.05, 0.1) is 0 Å². The Morgan fingerprint density at radius 1 is 1.06 bits per heavy atom. The Hall–Kier alpha value is -3.38. The number of hydrogen-bond donors (Lipinski definition) is 2. The van der Waals surface area contributed by atoms with Crippen molar-refractivity contribution in [2.24, 2.45) is 0 Å². The Bertz CT molecular complexity index is 1110. The van der Waals surface area contributed by atoms with E-state index in [1.807, 2.05) is 73.9 Å². The van der Waals surface area contributed by atoms with Crippen LogP contribution in [0.15, 0.2) is 67.0 Å². The SMILES string of the molecule is CSCC[C@H](NC(=O)c1ccc(/C=C/c2cccnc2)cc1-c1ccccc1C)C(=O)O. The molecule has 3 aromatic rings. The van der Waals surface area contributed by atoms with E-state index in [0.717, 1.165) is 27.8 Å². The van der Waals surface area contributed by atoms with Gasteiger partial charge in [-0.25, -0.2) is 4.79 Å². The first kappa shape index (κ1) is 23.3. The number of carbonyl (C=O) groups is 2. The van der Waals surface area contributed by atoms with E-state index in [0.29, 0.717) is 17.7 Å². The van der Waals surface area contributed by atoms with Crippen LogP contribution < -0.4 is 5.32 Å². The summed E-state index contributed by atoms with van der Waals surface area (Å²) in [6.45, 7) is 1.99. The van der Waals surface area contributed by atoms with Crippen LogP contribution in [-0.4, -0.2) is 40.0 Å². The van der Waals surface area contributed by atoms with Crippen molar-refractivity contribution in [1.82, 2.24) is 10.3 Å². The fraction of sp³-hybridized carbons (Fsp3) is 0.192. The maximum Gasteiger partial charge on any atom is 0.326 e. The second-order valence-corrected chi connectivity index (χ2v) is 8.37. The third-order valence-corrected chi connectivity index (χ3v) is 5.73. The van der Waals surface area contributed by atoms with Crippen molar-refractivity contribution in [3.8, 4) is 11.1 Å². The third-order valence-electron chi connectivity index (χ3n) is 5.09. The molecule has 0 saturated carbocycles. The van der Waals surface area contributed by atoms with Gasteiger partial charge in [-0.15, -0.1) is 0 Å². The zero-order chi connectivity index (χ0) is 22.9. The third kappa shape index (κ3) is 6.08. The van der Waals surface area contributed by atoms with Crippen LogP contribution in [0.3, 0.4) is 0 Å². The van der Waals surface area contributed by atoms with E-state index in [2.05, 4.69) is 10.3 Å². The predicted octanol–water partition coefficient (Wildman–Crippen LogP) is 5.16. The number of hydrogen-bond acceptors (Lipinski definition) is 4. The molecule has 0 unspecified atom stereocenters. The molecule has 0 saturated heterocycles. The summed E-state index contributed by atoms with van der Waals surface area (Å²) in [5.41, 5.74) is 5.10. The Morgan fingerprint density at radius 2 is 1.84 bits per heavy atom. The fourth-order valence-electron chi connectivity index (χ4n) is 3.36. The van der Waals surface area contributed by atoms with Crippen LogP contribution in [0.2, 0.25) is 0 Å². The number of rotatable bonds is 9. The molecule has 1 amide bonds. The molecular weight excluding hydrogens is 420 g/mol. The second-order valence-electron chi connectivity index (χ2n) is 7.39. The number of carboxylic acid groups (broad SMARTS) is 1. The number of nitrogens with zero attached hydrogens (tertiary/aromatic N) is 1. The highest BCUT2D eigenvalue weighted by molar-refractivity contribution is 7.98. The van der Waals surface area contributed by atoms with Crippen LogP contribution in [0.5, 0.6) is 0 Å². The number of benzene rings is 2. The van der Waals surface area contributed by atoms with E-state index in [-0.39, 0.29) is 5.91 Å². The van der Waals surface area contributed by atoms with E-state index >= 15 is 0 Å². The molecule has 1 atom stereocenters. The van der Waals surface area contributed by atoms with Crippen LogP contribution in [0, 0.1) is 6.92 Å². The highest BCUT2D eigenvalue weighted by Gasteiger charge is 2.22. The summed E-state index contributed by atoms with van der Waals surface area (Å²) >= 11 is 1.55. The lowest BCUT2D eigenvalue weighted by molar-refractivity contribution is -0.139. The summed E-state index contributed by atoms with van der Waals surface area (Å²) in [5, 5.41) is 12.2. The van der Waals surface area contributed by atoms with E-state index < -0.39 is 12.0 Å². The van der Waals surface area contributed by atoms with Crippen LogP contribution in [0.1, 0.15) is 33.5 Å². The van der Waals surface area contributed by atoms with Crippen molar-refractivity contribution in [3.05, 3.63) is 89.2 Å². The van der Waals surface area contributed by atoms with Gasteiger partial charge < -0.3 is 10.4 Å². The number of aliphatic carboxylic acids is 1. The van der Waals surface area contributed by atoms with Crippen LogP contribution in [0.25, 0.3) is 23.3 Å². The van der Waals surface area contributed by atoms with Gasteiger partial charge in [0.15, 0.2) is 0 Å². The molecule has 0 aliphatic rings. The second kappa shape index (κ2) is 11.3. The summed E-state index contributed by atoms with van der Waals surface area (Å²) in [7, 11) is 0. The van der Waals surface area contributed by atoms with Crippen molar-refractivity contribution in [2.75, 3.05) is 12.0 Å². The summed E-state index contributed by atoms with van der Waals surface area (Å²) in [6.07, 6.45) is 9.72. The van der Waals surface area contributed by atoms with Gasteiger partial charge in [-0.2, -0.15) is 11.8 Å². The molecule has 1 aromatic heterocycles. The topological polar surface area (TPSA) is 79.3 Å². The van der Waals surface area contributed by atoms with Crippen LogP contribution >= 0.6 is 11.8 Å². The van der Waals surface area contributed by atoms with Gasteiger partial charge in [0.2, 0.25) is 0 Å². The monoisotopic (exact) mass is 446 g/mol. The first-order valence-electron chi connectivity index (χ1n) is 10.3. The minimum Gasteiger partial charge on any atom is -0.480 e. The van der Waals surface area contributed by atoms with Gasteiger partial charge in [-0.3, -0.25) is 9.78 Å². The summed E-state index contributed by atoms with van der Waals surface area (Å²) in [6, 6.07) is 16.3. The van der Waals surface area contributed by atoms with E-state index in [1.54, 1.807) is 30.2 Å². The molecule has 3 rings (SSSR count). The van der Waals surface area contributed by atoms with Crippen LogP contribution in [-0.2, 0) is 4.79 Å². The van der Waals surface area contributed by atoms with Crippen molar-refractivity contribution in [1.29, 1.82) is 0 Å². The number of amides is 1. The zero-order valence-electron chi connectivity index (χ0n) is 18.1. The lowest BCUT2D eigenvalue weighted by Crippen LogP contribution is -2.41. The smallest absolute Gasteiger partial charge is 0.326 e. The molecule has 32 heavy (non-hydrogen) atoms. The van der Waals surface area contributed by atoms with Crippen LogP contribution in [0.4, 0.5) is 0 Å². The first-order valence-corrected chi connectivity index (χ1v) is 11.7. The van der Waals surface area contributed by atoms with Gasteiger partial charge in [0.25, 0.3) is 5.91 Å². The lowest BCUT2D eigenvalue weighted by Gasteiger charge is -2.17. The number of carboxylic acids is 1. The Labute approximate surface area is 192 Å². The summed E-state index contributed by atoms with van der Waals surface area (Å²) in [5.74, 6) is -0.764. The normalized spacial score (nSPS) is 11.9. The maximum atomic E-state index is 13.1. The van der Waals surface area contributed by atoms with Crippen molar-refractivity contribution in [2.45, 2.75) is 19.4 Å². The first-order chi connectivity index (χ1) is 15.5. The molecule has 2 N–H and O–H groups in total. The number of thioether (sulfide) groups is 1. The number of nitrogens with one attached hydrogen (secondary N) is 1. The van der Waals surface area contributed by atoms with Gasteiger partial charge in [-0.1, -0.05) is 48.6 Å². The molecular formula is C26H26N2O3S. The van der Waals surface area contributed by atoms with Gasteiger partial charge in [0, 0.05) is 18.0 Å².